The number of aromatic nitrogens is 1. The Balaban J connectivity index is 1.28. The van der Waals surface area contributed by atoms with Crippen LogP contribution in [-0.4, -0.2) is 84.6 Å². The molecule has 0 bridgehead atoms. The lowest BCUT2D eigenvalue weighted by Crippen LogP contribution is -2.41. The molecule has 2 fully saturated rings. The topological polar surface area (TPSA) is 103 Å². The van der Waals surface area contributed by atoms with Crippen molar-refractivity contribution in [3.63, 3.8) is 0 Å². The van der Waals surface area contributed by atoms with Crippen molar-refractivity contribution in [2.24, 2.45) is 4.99 Å². The number of ether oxygens (including phenoxy) is 4. The molecule has 0 radical (unpaired) electrons. The van der Waals surface area contributed by atoms with Gasteiger partial charge in [0.2, 0.25) is 0 Å². The number of nitrogens with zero attached hydrogens (tertiary/aromatic N) is 3. The van der Waals surface area contributed by atoms with E-state index >= 15 is 0 Å². The van der Waals surface area contributed by atoms with Crippen LogP contribution in [0.2, 0.25) is 0 Å². The molecule has 0 unspecified atom stereocenters. The Morgan fingerprint density at radius 1 is 1.02 bits per heavy atom. The zero-order valence-electron chi connectivity index (χ0n) is 23.9. The van der Waals surface area contributed by atoms with Gasteiger partial charge in [0.25, 0.3) is 0 Å². The van der Waals surface area contributed by atoms with Gasteiger partial charge in [-0.15, -0.1) is 0 Å². The number of esters is 1. The first kappa shape index (κ1) is 27.5. The fourth-order valence-corrected chi connectivity index (χ4v) is 6.23. The van der Waals surface area contributed by atoms with Crippen molar-refractivity contribution in [2.75, 3.05) is 33.4 Å². The van der Waals surface area contributed by atoms with Crippen LogP contribution in [0.4, 0.5) is 5.69 Å². The van der Waals surface area contributed by atoms with E-state index in [0.717, 1.165) is 23.0 Å². The molecule has 9 heteroatoms. The number of carbonyl (C=O) groups is 1. The highest BCUT2D eigenvalue weighted by Gasteiger charge is 2.48. The molecule has 3 aliphatic heterocycles. The van der Waals surface area contributed by atoms with Crippen LogP contribution >= 0.6 is 0 Å². The number of carbonyl (C=O) groups excluding carboxylic acids is 1. The summed E-state index contributed by atoms with van der Waals surface area (Å²) in [6.45, 7) is 2.01. The third kappa shape index (κ3) is 5.35. The number of rotatable bonds is 7. The van der Waals surface area contributed by atoms with E-state index in [2.05, 4.69) is 17.0 Å². The summed E-state index contributed by atoms with van der Waals surface area (Å²) in [6.07, 6.45) is -0.155. The van der Waals surface area contributed by atoms with Gasteiger partial charge in [0.1, 0.15) is 29.9 Å². The molecule has 0 saturated carbocycles. The largest absolute Gasteiger partial charge is 0.485 e. The van der Waals surface area contributed by atoms with E-state index in [0.29, 0.717) is 54.5 Å². The maximum Gasteiger partial charge on any atom is 0.339 e. The van der Waals surface area contributed by atoms with Gasteiger partial charge >= 0.3 is 5.97 Å². The second kappa shape index (κ2) is 11.8. The fraction of sp³-hybridized carbons (Fsp3) is 0.324. The van der Waals surface area contributed by atoms with Crippen LogP contribution in [-0.2, 0) is 27.1 Å². The van der Waals surface area contributed by atoms with Gasteiger partial charge in [-0.25, -0.2) is 9.79 Å². The van der Waals surface area contributed by atoms with Crippen LogP contribution in [0, 0.1) is 0 Å². The first-order valence-electron chi connectivity index (χ1n) is 14.6. The Labute approximate surface area is 249 Å². The van der Waals surface area contributed by atoms with Crippen molar-refractivity contribution in [1.29, 1.82) is 0 Å². The van der Waals surface area contributed by atoms with Gasteiger partial charge in [-0.2, -0.15) is 0 Å². The zero-order valence-corrected chi connectivity index (χ0v) is 23.9. The number of aliphatic hydroxyl groups excluding tert-OH is 1. The highest BCUT2D eigenvalue weighted by molar-refractivity contribution is 6.16. The minimum Gasteiger partial charge on any atom is -0.485 e. The van der Waals surface area contributed by atoms with E-state index in [1.165, 1.54) is 12.7 Å². The van der Waals surface area contributed by atoms with Crippen LogP contribution in [0.25, 0.3) is 10.9 Å². The molecule has 220 valence electrons. The molecule has 4 aromatic rings. The average molecular weight is 580 g/mol. The lowest BCUT2D eigenvalue weighted by molar-refractivity contribution is 0.00863. The molecular formula is C34H33N3O6. The smallest absolute Gasteiger partial charge is 0.339 e. The summed E-state index contributed by atoms with van der Waals surface area (Å²) in [5.41, 5.74) is 4.67. The second-order valence-corrected chi connectivity index (χ2v) is 11.0. The van der Waals surface area contributed by atoms with E-state index in [1.54, 1.807) is 0 Å². The SMILES string of the molecule is COC(=O)c1c2c(nc3ccccc13)CCN(CCc1ccccc1)C2=Nc1cccc(O[C@H]2CO[C@H]3[C@@H]2OC[C@@H]3O)c1. The van der Waals surface area contributed by atoms with Gasteiger partial charge in [-0.05, 0) is 30.2 Å². The van der Waals surface area contributed by atoms with Gasteiger partial charge < -0.3 is 29.0 Å². The standard InChI is InChI=1S/C34H33N3O6/c1-40-34(39)29-24-12-5-6-13-25(24)36-26-15-17-37(16-14-21-8-3-2-4-9-21)33(30(26)29)35-22-10-7-11-23(18-22)43-28-20-42-31-27(38)19-41-32(28)31/h2-13,18,27-28,31-32,38H,14-17,19-20H2,1H3/t27-,28-,31+,32+/m0/s1. The summed E-state index contributed by atoms with van der Waals surface area (Å²) in [5, 5.41) is 10.8. The fourth-order valence-electron chi connectivity index (χ4n) is 6.23. The first-order valence-corrected chi connectivity index (χ1v) is 14.6. The van der Waals surface area contributed by atoms with Gasteiger partial charge in [0.05, 0.1) is 48.3 Å². The molecular weight excluding hydrogens is 546 g/mol. The zero-order chi connectivity index (χ0) is 29.3. The highest BCUT2D eigenvalue weighted by atomic mass is 16.6. The lowest BCUT2D eigenvalue weighted by Gasteiger charge is -2.33. The van der Waals surface area contributed by atoms with Crippen molar-refractivity contribution >= 4 is 28.4 Å². The molecule has 4 heterocycles. The number of amidine groups is 1. The molecule has 4 atom stereocenters. The number of hydrogen-bond donors (Lipinski definition) is 1. The van der Waals surface area contributed by atoms with Gasteiger partial charge in [0.15, 0.2) is 6.10 Å². The van der Waals surface area contributed by atoms with Gasteiger partial charge in [0, 0.05) is 31.0 Å². The molecule has 1 aromatic heterocycles. The first-order chi connectivity index (χ1) is 21.1. The molecule has 1 N–H and O–H groups in total. The van der Waals surface area contributed by atoms with Crippen molar-refractivity contribution in [1.82, 2.24) is 9.88 Å². The van der Waals surface area contributed by atoms with E-state index in [9.17, 15) is 9.90 Å². The number of para-hydroxylation sites is 1. The Morgan fingerprint density at radius 2 is 1.84 bits per heavy atom. The molecule has 3 aromatic carbocycles. The second-order valence-electron chi connectivity index (χ2n) is 11.0. The lowest BCUT2D eigenvalue weighted by atomic mass is 9.94. The molecule has 43 heavy (non-hydrogen) atoms. The summed E-state index contributed by atoms with van der Waals surface area (Å²) in [4.78, 5) is 25.7. The number of hydrogen-bond acceptors (Lipinski definition) is 8. The molecule has 9 nitrogen and oxygen atoms in total. The van der Waals surface area contributed by atoms with Crippen LogP contribution in [0.5, 0.6) is 5.75 Å². The molecule has 3 aliphatic rings. The Morgan fingerprint density at radius 3 is 2.70 bits per heavy atom. The summed E-state index contributed by atoms with van der Waals surface area (Å²) in [6, 6.07) is 25.6. The predicted octanol–water partition coefficient (Wildman–Crippen LogP) is 4.11. The number of methoxy groups -OCH3 is 1. The monoisotopic (exact) mass is 579 g/mol. The summed E-state index contributed by atoms with van der Waals surface area (Å²) >= 11 is 0. The number of fused-ring (bicyclic) bond motifs is 3. The quantitative estimate of drug-likeness (QED) is 0.327. The van der Waals surface area contributed by atoms with E-state index in [4.69, 9.17) is 28.9 Å². The van der Waals surface area contributed by atoms with Gasteiger partial charge in [-0.1, -0.05) is 54.6 Å². The molecule has 0 amide bonds. The van der Waals surface area contributed by atoms with Crippen molar-refractivity contribution in [3.8, 4) is 5.75 Å². The van der Waals surface area contributed by atoms with E-state index in [1.807, 2.05) is 66.7 Å². The highest BCUT2D eigenvalue weighted by Crippen LogP contribution is 2.33. The number of pyridine rings is 1. The molecule has 0 aliphatic carbocycles. The summed E-state index contributed by atoms with van der Waals surface area (Å²) < 4.78 is 23.1. The summed E-state index contributed by atoms with van der Waals surface area (Å²) in [7, 11) is 1.40. The van der Waals surface area contributed by atoms with Crippen molar-refractivity contribution in [3.05, 3.63) is 101 Å². The Bertz CT molecular complexity index is 1680. The van der Waals surface area contributed by atoms with Crippen molar-refractivity contribution < 1.29 is 28.8 Å². The predicted molar refractivity (Wildman–Crippen MR) is 161 cm³/mol. The number of benzene rings is 3. The minimum atomic E-state index is -0.640. The molecule has 7 rings (SSSR count). The maximum atomic E-state index is 13.4. The normalized spacial score (nSPS) is 23.8. The van der Waals surface area contributed by atoms with Crippen LogP contribution in [0.15, 0.2) is 83.9 Å². The van der Waals surface area contributed by atoms with Crippen LogP contribution < -0.4 is 4.74 Å². The van der Waals surface area contributed by atoms with E-state index in [-0.39, 0.29) is 24.9 Å². The van der Waals surface area contributed by atoms with Gasteiger partial charge in [-0.3, -0.25) is 4.98 Å². The van der Waals surface area contributed by atoms with Crippen LogP contribution in [0.3, 0.4) is 0 Å². The van der Waals surface area contributed by atoms with Crippen LogP contribution in [0.1, 0.15) is 27.2 Å². The Kier molecular flexibility index (Phi) is 7.52. The molecule has 0 spiro atoms. The number of aliphatic imine (C=N–C) groups is 1. The maximum absolute atomic E-state index is 13.4. The third-order valence-electron chi connectivity index (χ3n) is 8.33. The summed E-state index contributed by atoms with van der Waals surface area (Å²) in [5.74, 6) is 0.886. The third-order valence-corrected chi connectivity index (χ3v) is 8.33. The minimum absolute atomic E-state index is 0.242. The molecule has 2 saturated heterocycles. The average Bonchev–Trinajstić information content (AvgIpc) is 3.62. The van der Waals surface area contributed by atoms with E-state index < -0.39 is 12.1 Å². The number of aliphatic hydroxyl groups is 1. The van der Waals surface area contributed by atoms with Crippen molar-refractivity contribution in [2.45, 2.75) is 37.3 Å². The Hall–Kier alpha value is -4.31.